The molecular formula is C20H19NO4. The van der Waals surface area contributed by atoms with Crippen LogP contribution in [0.3, 0.4) is 0 Å². The van der Waals surface area contributed by atoms with Crippen molar-refractivity contribution in [3.05, 3.63) is 53.8 Å². The number of fused-ring (bicyclic) bond motifs is 3. The van der Waals surface area contributed by atoms with Crippen molar-refractivity contribution in [1.82, 2.24) is 0 Å². The summed E-state index contributed by atoms with van der Waals surface area (Å²) in [6, 6.07) is 12.2. The SMILES string of the molecule is O=C(COc1ccc2oc3c(c2c1)CCCC3)Nc1ccccc1O. The highest BCUT2D eigenvalue weighted by atomic mass is 16.5. The molecule has 0 fully saturated rings. The number of phenolic OH excluding ortho intramolecular Hbond substituents is 1. The monoisotopic (exact) mass is 337 g/mol. The molecular weight excluding hydrogens is 318 g/mol. The van der Waals surface area contributed by atoms with Gasteiger partial charge in [-0.25, -0.2) is 0 Å². The number of carbonyl (C=O) groups is 1. The van der Waals surface area contributed by atoms with Gasteiger partial charge in [0, 0.05) is 17.4 Å². The topological polar surface area (TPSA) is 71.7 Å². The highest BCUT2D eigenvalue weighted by Gasteiger charge is 2.18. The van der Waals surface area contributed by atoms with Gasteiger partial charge in [0.2, 0.25) is 0 Å². The third-order valence-corrected chi connectivity index (χ3v) is 4.47. The van der Waals surface area contributed by atoms with Gasteiger partial charge in [-0.2, -0.15) is 0 Å². The van der Waals surface area contributed by atoms with Gasteiger partial charge in [0.1, 0.15) is 22.8 Å². The summed E-state index contributed by atoms with van der Waals surface area (Å²) in [5.41, 5.74) is 2.51. The van der Waals surface area contributed by atoms with Crippen LogP contribution in [-0.4, -0.2) is 17.6 Å². The first kappa shape index (κ1) is 15.6. The third-order valence-electron chi connectivity index (χ3n) is 4.47. The second-order valence-electron chi connectivity index (χ2n) is 6.22. The van der Waals surface area contributed by atoms with E-state index >= 15 is 0 Å². The number of carbonyl (C=O) groups excluding carboxylic acids is 1. The molecule has 5 nitrogen and oxygen atoms in total. The molecule has 0 saturated carbocycles. The smallest absolute Gasteiger partial charge is 0.262 e. The molecule has 1 aromatic heterocycles. The van der Waals surface area contributed by atoms with Crippen LogP contribution in [0.4, 0.5) is 5.69 Å². The van der Waals surface area contributed by atoms with Crippen molar-refractivity contribution in [2.45, 2.75) is 25.7 Å². The largest absolute Gasteiger partial charge is 0.506 e. The highest BCUT2D eigenvalue weighted by Crippen LogP contribution is 2.34. The predicted octanol–water partition coefficient (Wildman–Crippen LogP) is 4.03. The Kier molecular flexibility index (Phi) is 4.06. The standard InChI is InChI=1S/C20H19NO4/c22-17-7-3-2-6-16(17)21-20(23)12-24-13-9-10-19-15(11-13)14-5-1-4-8-18(14)25-19/h2-3,6-7,9-11,22H,1,4-5,8,12H2,(H,21,23). The second kappa shape index (κ2) is 6.51. The molecule has 0 unspecified atom stereocenters. The van der Waals surface area contributed by atoms with Gasteiger partial charge in [-0.1, -0.05) is 12.1 Å². The summed E-state index contributed by atoms with van der Waals surface area (Å²) in [4.78, 5) is 12.0. The van der Waals surface area contributed by atoms with Gasteiger partial charge in [-0.05, 0) is 49.6 Å². The van der Waals surface area contributed by atoms with E-state index in [1.807, 2.05) is 18.2 Å². The Bertz CT molecular complexity index is 929. The van der Waals surface area contributed by atoms with Crippen molar-refractivity contribution < 1.29 is 19.1 Å². The maximum absolute atomic E-state index is 12.0. The van der Waals surface area contributed by atoms with Crippen LogP contribution in [0.25, 0.3) is 11.0 Å². The molecule has 0 saturated heterocycles. The minimum Gasteiger partial charge on any atom is -0.506 e. The molecule has 1 aliphatic rings. The first-order valence-corrected chi connectivity index (χ1v) is 8.45. The summed E-state index contributed by atoms with van der Waals surface area (Å²) >= 11 is 0. The molecule has 0 spiro atoms. The van der Waals surface area contributed by atoms with E-state index in [0.29, 0.717) is 11.4 Å². The Morgan fingerprint density at radius 2 is 2.00 bits per heavy atom. The average Bonchev–Trinajstić information content (AvgIpc) is 3.00. The molecule has 2 aromatic carbocycles. The molecule has 4 rings (SSSR count). The lowest BCUT2D eigenvalue weighted by atomic mass is 9.96. The molecule has 0 radical (unpaired) electrons. The van der Waals surface area contributed by atoms with E-state index in [0.717, 1.165) is 29.6 Å². The Balaban J connectivity index is 1.46. The van der Waals surface area contributed by atoms with E-state index in [4.69, 9.17) is 9.15 Å². The van der Waals surface area contributed by atoms with E-state index in [1.54, 1.807) is 18.2 Å². The van der Waals surface area contributed by atoms with Crippen LogP contribution in [0.2, 0.25) is 0 Å². The molecule has 25 heavy (non-hydrogen) atoms. The Morgan fingerprint density at radius 3 is 2.88 bits per heavy atom. The van der Waals surface area contributed by atoms with Gasteiger partial charge in [0.25, 0.3) is 5.91 Å². The number of nitrogens with one attached hydrogen (secondary N) is 1. The number of furan rings is 1. The number of hydrogen-bond acceptors (Lipinski definition) is 4. The number of phenols is 1. The molecule has 0 atom stereocenters. The first-order chi connectivity index (χ1) is 12.2. The number of rotatable bonds is 4. The minimum atomic E-state index is -0.323. The van der Waals surface area contributed by atoms with Crippen molar-refractivity contribution in [2.75, 3.05) is 11.9 Å². The molecule has 1 heterocycles. The van der Waals surface area contributed by atoms with Gasteiger partial charge >= 0.3 is 0 Å². The number of anilines is 1. The quantitative estimate of drug-likeness (QED) is 0.705. The lowest BCUT2D eigenvalue weighted by molar-refractivity contribution is -0.118. The number of para-hydroxylation sites is 2. The van der Waals surface area contributed by atoms with Gasteiger partial charge < -0.3 is 19.6 Å². The summed E-state index contributed by atoms with van der Waals surface area (Å²) in [7, 11) is 0. The lowest BCUT2D eigenvalue weighted by Crippen LogP contribution is -2.20. The first-order valence-electron chi connectivity index (χ1n) is 8.45. The van der Waals surface area contributed by atoms with Gasteiger partial charge in [-0.15, -0.1) is 0 Å². The van der Waals surface area contributed by atoms with Gasteiger partial charge in [0.15, 0.2) is 6.61 Å². The van der Waals surface area contributed by atoms with Crippen molar-refractivity contribution in [1.29, 1.82) is 0 Å². The Labute approximate surface area is 145 Å². The minimum absolute atomic E-state index is 0.0299. The van der Waals surface area contributed by atoms with E-state index in [9.17, 15) is 9.90 Å². The molecule has 1 amide bonds. The zero-order valence-electron chi connectivity index (χ0n) is 13.7. The van der Waals surface area contributed by atoms with E-state index in [2.05, 4.69) is 5.32 Å². The molecule has 5 heteroatoms. The van der Waals surface area contributed by atoms with Crippen LogP contribution >= 0.6 is 0 Å². The maximum Gasteiger partial charge on any atom is 0.262 e. The number of amides is 1. The fourth-order valence-corrected chi connectivity index (χ4v) is 3.25. The van der Waals surface area contributed by atoms with Crippen LogP contribution in [0.15, 0.2) is 46.9 Å². The molecule has 3 aromatic rings. The summed E-state index contributed by atoms with van der Waals surface area (Å²) in [5.74, 6) is 1.42. The third kappa shape index (κ3) is 3.18. The normalized spacial score (nSPS) is 13.4. The maximum atomic E-state index is 12.0. The van der Waals surface area contributed by atoms with Crippen molar-refractivity contribution in [3.63, 3.8) is 0 Å². The molecule has 1 aliphatic carbocycles. The molecule has 2 N–H and O–H groups in total. The second-order valence-corrected chi connectivity index (χ2v) is 6.22. The van der Waals surface area contributed by atoms with Crippen LogP contribution in [0.1, 0.15) is 24.2 Å². The molecule has 128 valence electrons. The van der Waals surface area contributed by atoms with Crippen LogP contribution in [-0.2, 0) is 17.6 Å². The highest BCUT2D eigenvalue weighted by molar-refractivity contribution is 5.93. The summed E-state index contributed by atoms with van der Waals surface area (Å²) in [6.07, 6.45) is 4.36. The fourth-order valence-electron chi connectivity index (χ4n) is 3.25. The van der Waals surface area contributed by atoms with Crippen LogP contribution in [0, 0.1) is 0 Å². The summed E-state index contributed by atoms with van der Waals surface area (Å²) < 4.78 is 11.5. The number of ether oxygens (including phenoxy) is 1. The van der Waals surface area contributed by atoms with E-state index in [1.165, 1.54) is 24.5 Å². The summed E-state index contributed by atoms with van der Waals surface area (Å²) in [5, 5.41) is 13.4. The number of benzene rings is 2. The number of aryl methyl sites for hydroxylation is 2. The van der Waals surface area contributed by atoms with Crippen LogP contribution in [0.5, 0.6) is 11.5 Å². The fraction of sp³-hybridized carbons (Fsp3) is 0.250. The van der Waals surface area contributed by atoms with Crippen molar-refractivity contribution in [3.8, 4) is 11.5 Å². The van der Waals surface area contributed by atoms with Gasteiger partial charge in [-0.3, -0.25) is 4.79 Å². The predicted molar refractivity (Wildman–Crippen MR) is 95.1 cm³/mol. The lowest BCUT2D eigenvalue weighted by Gasteiger charge is -2.10. The molecule has 0 bridgehead atoms. The molecule has 0 aliphatic heterocycles. The number of hydrogen-bond donors (Lipinski definition) is 2. The van der Waals surface area contributed by atoms with E-state index < -0.39 is 0 Å². The number of aromatic hydroxyl groups is 1. The zero-order valence-corrected chi connectivity index (χ0v) is 13.7. The van der Waals surface area contributed by atoms with Gasteiger partial charge in [0.05, 0.1) is 5.69 Å². The zero-order chi connectivity index (χ0) is 17.2. The average molecular weight is 337 g/mol. The van der Waals surface area contributed by atoms with E-state index in [-0.39, 0.29) is 18.3 Å². The van der Waals surface area contributed by atoms with Crippen molar-refractivity contribution >= 4 is 22.6 Å². The summed E-state index contributed by atoms with van der Waals surface area (Å²) in [6.45, 7) is -0.125. The van der Waals surface area contributed by atoms with Crippen LogP contribution < -0.4 is 10.1 Å². The Morgan fingerprint density at radius 1 is 1.16 bits per heavy atom. The Hall–Kier alpha value is -2.95. The van der Waals surface area contributed by atoms with Crippen molar-refractivity contribution in [2.24, 2.45) is 0 Å².